The minimum Gasteiger partial charge on any atom is -0.465 e. The average Bonchev–Trinajstić information content (AvgIpc) is 2.63. The molecule has 0 aliphatic carbocycles. The van der Waals surface area contributed by atoms with Crippen LogP contribution in [0.2, 0.25) is 0 Å². The third-order valence-electron chi connectivity index (χ3n) is 5.74. The number of nitrogens with zero attached hydrogens (tertiary/aromatic N) is 2. The number of benzene rings is 1. The van der Waals surface area contributed by atoms with E-state index in [4.69, 9.17) is 0 Å². The number of carbonyl (C=O) groups excluding carboxylic acids is 2. The molecule has 0 spiro atoms. The van der Waals surface area contributed by atoms with Gasteiger partial charge in [-0.1, -0.05) is 20.8 Å². The predicted molar refractivity (Wildman–Crippen MR) is 111 cm³/mol. The van der Waals surface area contributed by atoms with Crippen LogP contribution < -0.4 is 15.5 Å². The fourth-order valence-corrected chi connectivity index (χ4v) is 4.09. The molecule has 2 atom stereocenters. The van der Waals surface area contributed by atoms with E-state index in [9.17, 15) is 19.5 Å². The quantitative estimate of drug-likeness (QED) is 0.671. The first-order chi connectivity index (χ1) is 13.6. The lowest BCUT2D eigenvalue weighted by atomic mass is 9.83. The summed E-state index contributed by atoms with van der Waals surface area (Å²) in [4.78, 5) is 38.6. The van der Waals surface area contributed by atoms with Gasteiger partial charge in [0.2, 0.25) is 11.8 Å². The summed E-state index contributed by atoms with van der Waals surface area (Å²) >= 11 is 0. The van der Waals surface area contributed by atoms with Crippen LogP contribution in [0.5, 0.6) is 0 Å². The van der Waals surface area contributed by atoms with Crippen molar-refractivity contribution in [3.8, 4) is 0 Å². The van der Waals surface area contributed by atoms with Crippen molar-refractivity contribution in [2.75, 3.05) is 29.9 Å². The molecule has 0 bridgehead atoms. The number of carbonyl (C=O) groups is 3. The van der Waals surface area contributed by atoms with E-state index in [-0.39, 0.29) is 23.3 Å². The lowest BCUT2D eigenvalue weighted by molar-refractivity contribution is -0.133. The van der Waals surface area contributed by atoms with Gasteiger partial charge in [-0.25, -0.2) is 4.79 Å². The number of anilines is 2. The maximum atomic E-state index is 12.0. The maximum absolute atomic E-state index is 12.0. The van der Waals surface area contributed by atoms with E-state index < -0.39 is 12.1 Å². The van der Waals surface area contributed by atoms with E-state index in [2.05, 4.69) is 36.3 Å². The highest BCUT2D eigenvalue weighted by molar-refractivity contribution is 6.01. The van der Waals surface area contributed by atoms with Crippen molar-refractivity contribution >= 4 is 29.3 Å². The molecular formula is C21H30N4O4. The number of aryl methyl sites for hydroxylation is 1. The molecule has 2 saturated heterocycles. The molecule has 3 amide bonds. The molecule has 29 heavy (non-hydrogen) atoms. The molecule has 1 aromatic rings. The van der Waals surface area contributed by atoms with Gasteiger partial charge in [-0.05, 0) is 42.5 Å². The SMILES string of the molecule is Cc1cc(NC2CCC(=O)NC2=O)ccc1N1CCN(C(=O)O)CC1C(C)(C)C. The lowest BCUT2D eigenvalue weighted by Gasteiger charge is -2.48. The molecule has 3 rings (SSSR count). The summed E-state index contributed by atoms with van der Waals surface area (Å²) in [7, 11) is 0. The number of hydrogen-bond acceptors (Lipinski definition) is 5. The number of amides is 3. The Bertz CT molecular complexity index is 817. The minimum atomic E-state index is -0.876. The van der Waals surface area contributed by atoms with Crippen LogP contribution in [0.15, 0.2) is 18.2 Å². The Morgan fingerprint density at radius 2 is 1.97 bits per heavy atom. The Kier molecular flexibility index (Phi) is 5.73. The van der Waals surface area contributed by atoms with Crippen molar-refractivity contribution in [3.05, 3.63) is 23.8 Å². The fourth-order valence-electron chi connectivity index (χ4n) is 4.09. The summed E-state index contributed by atoms with van der Waals surface area (Å²) in [6, 6.07) is 5.61. The van der Waals surface area contributed by atoms with Gasteiger partial charge >= 0.3 is 6.09 Å². The summed E-state index contributed by atoms with van der Waals surface area (Å²) in [5.41, 5.74) is 2.87. The summed E-state index contributed by atoms with van der Waals surface area (Å²) in [5, 5.41) is 15.0. The van der Waals surface area contributed by atoms with Gasteiger partial charge in [0.1, 0.15) is 6.04 Å². The van der Waals surface area contributed by atoms with E-state index in [0.29, 0.717) is 32.5 Å². The third-order valence-corrected chi connectivity index (χ3v) is 5.74. The first kappa shape index (κ1) is 21.0. The van der Waals surface area contributed by atoms with E-state index in [1.54, 1.807) is 0 Å². The number of rotatable bonds is 3. The number of hydrogen-bond donors (Lipinski definition) is 3. The Labute approximate surface area is 171 Å². The summed E-state index contributed by atoms with van der Waals surface area (Å²) < 4.78 is 0. The number of nitrogens with one attached hydrogen (secondary N) is 2. The van der Waals surface area contributed by atoms with Crippen LogP contribution in [0.4, 0.5) is 16.2 Å². The van der Waals surface area contributed by atoms with Crippen LogP contribution in [0, 0.1) is 12.3 Å². The highest BCUT2D eigenvalue weighted by atomic mass is 16.4. The normalized spacial score (nSPS) is 23.0. The molecular weight excluding hydrogens is 372 g/mol. The standard InChI is InChI=1S/C21H30N4O4/c1-13-11-14(22-15-6-8-18(26)23-19(15)27)5-7-16(13)25-10-9-24(20(28)29)12-17(25)21(2,3)4/h5,7,11,15,17,22H,6,8-10,12H2,1-4H3,(H,28,29)(H,23,26,27). The number of imide groups is 1. The second-order valence-electron chi connectivity index (χ2n) is 8.95. The predicted octanol–water partition coefficient (Wildman–Crippen LogP) is 2.43. The molecule has 3 N–H and O–H groups in total. The minimum absolute atomic E-state index is 0.0555. The van der Waals surface area contributed by atoms with Gasteiger partial charge in [-0.3, -0.25) is 14.9 Å². The van der Waals surface area contributed by atoms with Gasteiger partial charge < -0.3 is 20.2 Å². The second kappa shape index (κ2) is 7.93. The topological polar surface area (TPSA) is 102 Å². The molecule has 0 radical (unpaired) electrons. The van der Waals surface area contributed by atoms with Crippen molar-refractivity contribution in [1.29, 1.82) is 0 Å². The highest BCUT2D eigenvalue weighted by Gasteiger charge is 2.37. The van der Waals surface area contributed by atoms with Crippen molar-refractivity contribution < 1.29 is 19.5 Å². The van der Waals surface area contributed by atoms with Crippen LogP contribution in [-0.4, -0.2) is 59.6 Å². The van der Waals surface area contributed by atoms with E-state index in [1.165, 1.54) is 4.90 Å². The number of piperazine rings is 1. The van der Waals surface area contributed by atoms with E-state index in [0.717, 1.165) is 16.9 Å². The Morgan fingerprint density at radius 3 is 2.55 bits per heavy atom. The summed E-state index contributed by atoms with van der Waals surface area (Å²) in [6.45, 7) is 9.98. The molecule has 8 nitrogen and oxygen atoms in total. The zero-order chi connectivity index (χ0) is 21.3. The Hall–Kier alpha value is -2.77. The Morgan fingerprint density at radius 1 is 1.24 bits per heavy atom. The molecule has 2 aliphatic heterocycles. The molecule has 0 saturated carbocycles. The highest BCUT2D eigenvalue weighted by Crippen LogP contribution is 2.34. The third kappa shape index (κ3) is 4.63. The van der Waals surface area contributed by atoms with Gasteiger partial charge in [-0.2, -0.15) is 0 Å². The monoisotopic (exact) mass is 402 g/mol. The summed E-state index contributed by atoms with van der Waals surface area (Å²) in [6.07, 6.45) is -0.0598. The van der Waals surface area contributed by atoms with Crippen molar-refractivity contribution in [2.45, 2.75) is 52.6 Å². The summed E-state index contributed by atoms with van der Waals surface area (Å²) in [5.74, 6) is -0.520. The van der Waals surface area contributed by atoms with Crippen LogP contribution in [0.1, 0.15) is 39.2 Å². The van der Waals surface area contributed by atoms with E-state index in [1.807, 2.05) is 25.1 Å². The van der Waals surface area contributed by atoms with Crippen LogP contribution >= 0.6 is 0 Å². The van der Waals surface area contributed by atoms with Crippen LogP contribution in [0.3, 0.4) is 0 Å². The van der Waals surface area contributed by atoms with Crippen molar-refractivity contribution in [3.63, 3.8) is 0 Å². The fraction of sp³-hybridized carbons (Fsp3) is 0.571. The zero-order valence-corrected chi connectivity index (χ0v) is 17.5. The molecule has 0 aromatic heterocycles. The first-order valence-corrected chi connectivity index (χ1v) is 10.0. The average molecular weight is 402 g/mol. The van der Waals surface area contributed by atoms with Gasteiger partial charge in [0.25, 0.3) is 0 Å². The maximum Gasteiger partial charge on any atom is 0.407 e. The number of piperidine rings is 1. The van der Waals surface area contributed by atoms with Crippen molar-refractivity contribution in [1.82, 2.24) is 10.2 Å². The van der Waals surface area contributed by atoms with E-state index >= 15 is 0 Å². The molecule has 2 unspecified atom stereocenters. The number of carboxylic acid groups (broad SMARTS) is 1. The molecule has 1 aromatic carbocycles. The largest absolute Gasteiger partial charge is 0.465 e. The van der Waals surface area contributed by atoms with Gasteiger partial charge in [0.05, 0.1) is 6.04 Å². The van der Waals surface area contributed by atoms with Crippen LogP contribution in [0.25, 0.3) is 0 Å². The van der Waals surface area contributed by atoms with Crippen LogP contribution in [-0.2, 0) is 9.59 Å². The first-order valence-electron chi connectivity index (χ1n) is 10.0. The zero-order valence-electron chi connectivity index (χ0n) is 17.5. The molecule has 8 heteroatoms. The van der Waals surface area contributed by atoms with Gasteiger partial charge in [-0.15, -0.1) is 0 Å². The second-order valence-corrected chi connectivity index (χ2v) is 8.95. The lowest BCUT2D eigenvalue weighted by Crippen LogP contribution is -2.59. The smallest absolute Gasteiger partial charge is 0.407 e. The van der Waals surface area contributed by atoms with Gasteiger partial charge in [0, 0.05) is 37.4 Å². The molecule has 158 valence electrons. The Balaban J connectivity index is 1.79. The van der Waals surface area contributed by atoms with Crippen molar-refractivity contribution in [2.24, 2.45) is 5.41 Å². The van der Waals surface area contributed by atoms with Gasteiger partial charge in [0.15, 0.2) is 0 Å². The molecule has 2 fully saturated rings. The molecule has 2 aliphatic rings. The molecule has 2 heterocycles.